The molecule has 4 heteroatoms. The molecule has 2 rings (SSSR count). The van der Waals surface area contributed by atoms with Crippen LogP contribution in [0.2, 0.25) is 0 Å². The molecule has 0 fully saturated rings. The number of ether oxygens (including phenoxy) is 1. The second kappa shape index (κ2) is 7.61. The number of aliphatic hydroxyl groups excluding tert-OH is 1. The summed E-state index contributed by atoms with van der Waals surface area (Å²) in [7, 11) is 3.35. The number of aliphatic hydroxyl groups is 1. The number of carbonyl (C=O) groups excluding carboxylic acids is 1. The van der Waals surface area contributed by atoms with Crippen LogP contribution in [0.1, 0.15) is 23.7 Å². The summed E-state index contributed by atoms with van der Waals surface area (Å²) in [5, 5.41) is 10.1. The Morgan fingerprint density at radius 3 is 2.32 bits per heavy atom. The van der Waals surface area contributed by atoms with Crippen LogP contribution in [0.25, 0.3) is 0 Å². The molecule has 0 aromatic heterocycles. The monoisotopic (exact) mass is 299 g/mol. The van der Waals surface area contributed by atoms with Crippen LogP contribution >= 0.6 is 0 Å². The Labute approximate surface area is 131 Å². The molecule has 0 bridgehead atoms. The zero-order chi connectivity index (χ0) is 15.9. The molecule has 0 unspecified atom stereocenters. The van der Waals surface area contributed by atoms with Crippen LogP contribution < -0.4 is 4.74 Å². The second-order valence-corrected chi connectivity index (χ2v) is 5.35. The van der Waals surface area contributed by atoms with E-state index in [4.69, 9.17) is 4.74 Å². The lowest BCUT2D eigenvalue weighted by molar-refractivity contribution is -0.130. The van der Waals surface area contributed by atoms with E-state index in [1.54, 1.807) is 26.2 Å². The lowest BCUT2D eigenvalue weighted by Gasteiger charge is -2.15. The van der Waals surface area contributed by atoms with Gasteiger partial charge in [0.25, 0.3) is 0 Å². The molecule has 22 heavy (non-hydrogen) atoms. The SMILES string of the molecule is CN(C)C(=O)C[C@H](O)c1ccc(OCc2ccccc2)cc1. The first-order chi connectivity index (χ1) is 10.6. The van der Waals surface area contributed by atoms with Gasteiger partial charge in [-0.1, -0.05) is 42.5 Å². The topological polar surface area (TPSA) is 49.8 Å². The molecule has 116 valence electrons. The van der Waals surface area contributed by atoms with Gasteiger partial charge in [0.2, 0.25) is 5.91 Å². The minimum atomic E-state index is -0.793. The van der Waals surface area contributed by atoms with Gasteiger partial charge >= 0.3 is 0 Å². The summed E-state index contributed by atoms with van der Waals surface area (Å²) >= 11 is 0. The number of hydrogen-bond acceptors (Lipinski definition) is 3. The van der Waals surface area contributed by atoms with Gasteiger partial charge in [0.1, 0.15) is 12.4 Å². The Hall–Kier alpha value is -2.33. The minimum absolute atomic E-state index is 0.0806. The molecule has 1 N–H and O–H groups in total. The maximum absolute atomic E-state index is 11.6. The Morgan fingerprint density at radius 1 is 1.09 bits per heavy atom. The number of carbonyl (C=O) groups is 1. The predicted octanol–water partition coefficient (Wildman–Crippen LogP) is 2.78. The molecule has 0 aliphatic carbocycles. The van der Waals surface area contributed by atoms with E-state index in [0.29, 0.717) is 12.2 Å². The van der Waals surface area contributed by atoms with Crippen molar-refractivity contribution in [3.8, 4) is 5.75 Å². The van der Waals surface area contributed by atoms with Gasteiger partial charge in [-0.15, -0.1) is 0 Å². The molecule has 1 amide bonds. The van der Waals surface area contributed by atoms with Gasteiger partial charge in [-0.05, 0) is 23.3 Å². The molecule has 0 aliphatic heterocycles. The van der Waals surface area contributed by atoms with Crippen LogP contribution in [0.3, 0.4) is 0 Å². The second-order valence-electron chi connectivity index (χ2n) is 5.35. The maximum Gasteiger partial charge on any atom is 0.225 e. The molecule has 0 spiro atoms. The molecular formula is C18H21NO3. The Balaban J connectivity index is 1.91. The van der Waals surface area contributed by atoms with Crippen molar-refractivity contribution in [2.75, 3.05) is 14.1 Å². The van der Waals surface area contributed by atoms with Gasteiger partial charge in [0.05, 0.1) is 12.5 Å². The smallest absolute Gasteiger partial charge is 0.225 e. The van der Waals surface area contributed by atoms with Crippen LogP contribution in [-0.2, 0) is 11.4 Å². The van der Waals surface area contributed by atoms with Crippen LogP contribution in [0.5, 0.6) is 5.75 Å². The summed E-state index contributed by atoms with van der Waals surface area (Å²) < 4.78 is 5.69. The lowest BCUT2D eigenvalue weighted by Crippen LogP contribution is -2.23. The fourth-order valence-electron chi connectivity index (χ4n) is 1.99. The molecule has 0 radical (unpaired) electrons. The Morgan fingerprint density at radius 2 is 1.73 bits per heavy atom. The molecular weight excluding hydrogens is 278 g/mol. The standard InChI is InChI=1S/C18H21NO3/c1-19(2)18(21)12-17(20)15-8-10-16(11-9-15)22-13-14-6-4-3-5-7-14/h3-11,17,20H,12-13H2,1-2H3/t17-/m0/s1. The van der Waals surface area contributed by atoms with E-state index in [2.05, 4.69) is 0 Å². The average Bonchev–Trinajstić information content (AvgIpc) is 2.54. The first-order valence-corrected chi connectivity index (χ1v) is 7.21. The van der Waals surface area contributed by atoms with Crippen molar-refractivity contribution in [1.29, 1.82) is 0 Å². The van der Waals surface area contributed by atoms with E-state index in [9.17, 15) is 9.90 Å². The number of nitrogens with zero attached hydrogens (tertiary/aromatic N) is 1. The fraction of sp³-hybridized carbons (Fsp3) is 0.278. The number of benzene rings is 2. The van der Waals surface area contributed by atoms with Crippen molar-refractivity contribution in [2.24, 2.45) is 0 Å². The van der Waals surface area contributed by atoms with Crippen LogP contribution in [0, 0.1) is 0 Å². The number of rotatable bonds is 6. The third kappa shape index (κ3) is 4.60. The van der Waals surface area contributed by atoms with Crippen molar-refractivity contribution in [2.45, 2.75) is 19.1 Å². The molecule has 0 saturated carbocycles. The van der Waals surface area contributed by atoms with Crippen LogP contribution in [0.15, 0.2) is 54.6 Å². The normalized spacial score (nSPS) is 11.8. The largest absolute Gasteiger partial charge is 0.489 e. The van der Waals surface area contributed by atoms with Gasteiger partial charge in [-0.3, -0.25) is 4.79 Å². The molecule has 4 nitrogen and oxygen atoms in total. The lowest BCUT2D eigenvalue weighted by atomic mass is 10.1. The van der Waals surface area contributed by atoms with E-state index in [0.717, 1.165) is 11.3 Å². The molecule has 1 atom stereocenters. The van der Waals surface area contributed by atoms with Crippen molar-refractivity contribution < 1.29 is 14.6 Å². The molecule has 0 saturated heterocycles. The van der Waals surface area contributed by atoms with Gasteiger partial charge < -0.3 is 14.7 Å². The van der Waals surface area contributed by atoms with E-state index in [-0.39, 0.29) is 12.3 Å². The number of hydrogen-bond donors (Lipinski definition) is 1. The third-order valence-electron chi connectivity index (χ3n) is 3.38. The molecule has 0 aliphatic rings. The van der Waals surface area contributed by atoms with E-state index < -0.39 is 6.10 Å². The third-order valence-corrected chi connectivity index (χ3v) is 3.38. The first-order valence-electron chi connectivity index (χ1n) is 7.21. The minimum Gasteiger partial charge on any atom is -0.489 e. The number of amides is 1. The highest BCUT2D eigenvalue weighted by Crippen LogP contribution is 2.21. The summed E-state index contributed by atoms with van der Waals surface area (Å²) in [4.78, 5) is 13.1. The highest BCUT2D eigenvalue weighted by molar-refractivity contribution is 5.76. The van der Waals surface area contributed by atoms with E-state index >= 15 is 0 Å². The maximum atomic E-state index is 11.6. The molecule has 2 aromatic rings. The average molecular weight is 299 g/mol. The highest BCUT2D eigenvalue weighted by atomic mass is 16.5. The van der Waals surface area contributed by atoms with E-state index in [1.165, 1.54) is 4.90 Å². The van der Waals surface area contributed by atoms with Gasteiger partial charge in [0, 0.05) is 14.1 Å². The molecule has 0 heterocycles. The Bertz CT molecular complexity index is 593. The van der Waals surface area contributed by atoms with Gasteiger partial charge in [-0.2, -0.15) is 0 Å². The summed E-state index contributed by atoms with van der Waals surface area (Å²) in [6.07, 6.45) is -0.713. The van der Waals surface area contributed by atoms with Crippen molar-refractivity contribution in [1.82, 2.24) is 4.90 Å². The Kier molecular flexibility index (Phi) is 5.55. The summed E-state index contributed by atoms with van der Waals surface area (Å²) in [6.45, 7) is 0.502. The first kappa shape index (κ1) is 16.0. The fourth-order valence-corrected chi connectivity index (χ4v) is 1.99. The summed E-state index contributed by atoms with van der Waals surface area (Å²) in [5.41, 5.74) is 1.81. The zero-order valence-corrected chi connectivity index (χ0v) is 12.9. The molecule has 2 aromatic carbocycles. The van der Waals surface area contributed by atoms with Crippen molar-refractivity contribution >= 4 is 5.91 Å². The van der Waals surface area contributed by atoms with Crippen LogP contribution in [-0.4, -0.2) is 30.0 Å². The quantitative estimate of drug-likeness (QED) is 0.892. The highest BCUT2D eigenvalue weighted by Gasteiger charge is 2.14. The predicted molar refractivity (Wildman–Crippen MR) is 85.5 cm³/mol. The van der Waals surface area contributed by atoms with E-state index in [1.807, 2.05) is 42.5 Å². The van der Waals surface area contributed by atoms with Crippen molar-refractivity contribution in [3.63, 3.8) is 0 Å². The summed E-state index contributed by atoms with van der Waals surface area (Å²) in [5.74, 6) is 0.635. The van der Waals surface area contributed by atoms with Gasteiger partial charge in [-0.25, -0.2) is 0 Å². The van der Waals surface area contributed by atoms with Crippen LogP contribution in [0.4, 0.5) is 0 Å². The summed E-state index contributed by atoms with van der Waals surface area (Å²) in [6, 6.07) is 17.1. The van der Waals surface area contributed by atoms with Crippen molar-refractivity contribution in [3.05, 3.63) is 65.7 Å². The van der Waals surface area contributed by atoms with Gasteiger partial charge in [0.15, 0.2) is 0 Å². The zero-order valence-electron chi connectivity index (χ0n) is 12.9.